The summed E-state index contributed by atoms with van der Waals surface area (Å²) in [6.45, 7) is 4.35. The highest BCUT2D eigenvalue weighted by Gasteiger charge is 2.15. The highest BCUT2D eigenvalue weighted by atomic mass is 35.5. The number of nitrogens with zero attached hydrogens (tertiary/aromatic N) is 4. The van der Waals surface area contributed by atoms with Crippen LogP contribution in [-0.4, -0.2) is 46.0 Å². The average Bonchev–Trinajstić information content (AvgIpc) is 2.88. The topological polar surface area (TPSA) is 43.2 Å². The zero-order valence-corrected chi connectivity index (χ0v) is 14.1. The van der Waals surface area contributed by atoms with Crippen LogP contribution in [0.15, 0.2) is 29.4 Å². The van der Waals surface area contributed by atoms with E-state index < -0.39 is 0 Å². The molecule has 1 aromatic carbocycles. The molecule has 7 heteroatoms. The molecular formula is C15H19ClN4OS. The lowest BCUT2D eigenvalue weighted by molar-refractivity contribution is 0.0326. The van der Waals surface area contributed by atoms with E-state index in [9.17, 15) is 0 Å². The lowest BCUT2D eigenvalue weighted by atomic mass is 10.2. The fourth-order valence-electron chi connectivity index (χ4n) is 2.30. The molecule has 0 atom stereocenters. The van der Waals surface area contributed by atoms with Gasteiger partial charge in [-0.1, -0.05) is 35.5 Å². The first-order chi connectivity index (χ1) is 10.7. The number of morpholine rings is 1. The number of hydrogen-bond donors (Lipinski definition) is 0. The van der Waals surface area contributed by atoms with Crippen molar-refractivity contribution >= 4 is 23.4 Å². The summed E-state index contributed by atoms with van der Waals surface area (Å²) in [4.78, 5) is 2.35. The van der Waals surface area contributed by atoms with E-state index in [4.69, 9.17) is 16.3 Å². The Bertz CT molecular complexity index is 611. The van der Waals surface area contributed by atoms with Gasteiger partial charge in [-0.25, -0.2) is 0 Å². The smallest absolute Gasteiger partial charge is 0.191 e. The van der Waals surface area contributed by atoms with Gasteiger partial charge in [0.2, 0.25) is 0 Å². The molecule has 3 rings (SSSR count). The van der Waals surface area contributed by atoms with Crippen molar-refractivity contribution in [2.75, 3.05) is 26.3 Å². The molecule has 0 radical (unpaired) electrons. The van der Waals surface area contributed by atoms with E-state index in [0.717, 1.165) is 54.6 Å². The van der Waals surface area contributed by atoms with Gasteiger partial charge in [0.05, 0.1) is 19.8 Å². The molecule has 1 aliphatic rings. The Morgan fingerprint density at radius 3 is 2.64 bits per heavy atom. The van der Waals surface area contributed by atoms with E-state index in [1.54, 1.807) is 11.8 Å². The van der Waals surface area contributed by atoms with Crippen LogP contribution in [0.4, 0.5) is 0 Å². The Morgan fingerprint density at radius 1 is 1.18 bits per heavy atom. The molecule has 0 N–H and O–H groups in total. The summed E-state index contributed by atoms with van der Waals surface area (Å²) in [5.74, 6) is 1.86. The third-order valence-electron chi connectivity index (χ3n) is 3.68. The largest absolute Gasteiger partial charge is 0.379 e. The maximum atomic E-state index is 5.90. The van der Waals surface area contributed by atoms with Crippen LogP contribution in [0.1, 0.15) is 11.4 Å². The summed E-state index contributed by atoms with van der Waals surface area (Å²) in [6.07, 6.45) is 0. The van der Waals surface area contributed by atoms with Crippen molar-refractivity contribution in [3.63, 3.8) is 0 Å². The van der Waals surface area contributed by atoms with E-state index in [1.165, 1.54) is 5.56 Å². The van der Waals surface area contributed by atoms with E-state index in [-0.39, 0.29) is 0 Å². The first kappa shape index (κ1) is 15.8. The van der Waals surface area contributed by atoms with Crippen LogP contribution in [0.3, 0.4) is 0 Å². The van der Waals surface area contributed by atoms with Gasteiger partial charge >= 0.3 is 0 Å². The van der Waals surface area contributed by atoms with Gasteiger partial charge in [0.25, 0.3) is 0 Å². The molecule has 0 amide bonds. The fraction of sp³-hybridized carbons (Fsp3) is 0.467. The van der Waals surface area contributed by atoms with Crippen molar-refractivity contribution in [1.29, 1.82) is 0 Å². The summed E-state index contributed by atoms with van der Waals surface area (Å²) in [7, 11) is 2.03. The third kappa shape index (κ3) is 4.01. The lowest BCUT2D eigenvalue weighted by Gasteiger charge is -2.25. The number of thioether (sulfide) groups is 1. The summed E-state index contributed by atoms with van der Waals surface area (Å²) in [5.41, 5.74) is 1.23. The summed E-state index contributed by atoms with van der Waals surface area (Å²) >= 11 is 7.60. The van der Waals surface area contributed by atoms with Crippen LogP contribution < -0.4 is 0 Å². The quantitative estimate of drug-likeness (QED) is 0.784. The summed E-state index contributed by atoms with van der Waals surface area (Å²) in [5, 5.41) is 10.3. The number of rotatable bonds is 5. The Kier molecular flexibility index (Phi) is 5.36. The van der Waals surface area contributed by atoms with E-state index >= 15 is 0 Å². The highest BCUT2D eigenvalue weighted by Crippen LogP contribution is 2.22. The van der Waals surface area contributed by atoms with Crippen LogP contribution in [0.25, 0.3) is 0 Å². The highest BCUT2D eigenvalue weighted by molar-refractivity contribution is 7.98. The van der Waals surface area contributed by atoms with E-state index in [0.29, 0.717) is 0 Å². The molecule has 2 aromatic rings. The molecule has 1 aliphatic heterocycles. The van der Waals surface area contributed by atoms with Gasteiger partial charge in [-0.2, -0.15) is 0 Å². The standard InChI is InChI=1S/C15H19ClN4OS/c1-19-14(10-20-6-8-21-9-7-20)17-18-15(19)22-11-12-2-4-13(16)5-3-12/h2-5H,6-11H2,1H3. The van der Waals surface area contributed by atoms with Crippen LogP contribution in [-0.2, 0) is 24.1 Å². The second-order valence-corrected chi connectivity index (χ2v) is 6.64. The predicted octanol–water partition coefficient (Wildman–Crippen LogP) is 2.59. The number of aromatic nitrogens is 3. The van der Waals surface area contributed by atoms with Gasteiger partial charge < -0.3 is 9.30 Å². The minimum absolute atomic E-state index is 0.764. The van der Waals surface area contributed by atoms with Crippen molar-refractivity contribution in [2.24, 2.45) is 7.05 Å². The molecule has 1 saturated heterocycles. The van der Waals surface area contributed by atoms with Crippen LogP contribution >= 0.6 is 23.4 Å². The van der Waals surface area contributed by atoms with Crippen molar-refractivity contribution in [2.45, 2.75) is 17.5 Å². The zero-order chi connectivity index (χ0) is 15.4. The average molecular weight is 339 g/mol. The predicted molar refractivity (Wildman–Crippen MR) is 88.1 cm³/mol. The molecule has 0 aliphatic carbocycles. The summed E-state index contributed by atoms with van der Waals surface area (Å²) < 4.78 is 7.45. The van der Waals surface area contributed by atoms with E-state index in [1.807, 2.05) is 31.3 Å². The zero-order valence-electron chi connectivity index (χ0n) is 12.5. The number of benzene rings is 1. The van der Waals surface area contributed by atoms with Gasteiger partial charge in [0.1, 0.15) is 5.82 Å². The minimum atomic E-state index is 0.764. The molecular weight excluding hydrogens is 320 g/mol. The maximum Gasteiger partial charge on any atom is 0.191 e. The Balaban J connectivity index is 1.59. The minimum Gasteiger partial charge on any atom is -0.379 e. The SMILES string of the molecule is Cn1c(CN2CCOCC2)nnc1SCc1ccc(Cl)cc1. The molecule has 1 fully saturated rings. The number of hydrogen-bond acceptors (Lipinski definition) is 5. The fourth-order valence-corrected chi connectivity index (χ4v) is 3.31. The monoisotopic (exact) mass is 338 g/mol. The van der Waals surface area contributed by atoms with Gasteiger partial charge in [-0.3, -0.25) is 4.90 Å². The molecule has 0 bridgehead atoms. The molecule has 0 spiro atoms. The molecule has 1 aromatic heterocycles. The Morgan fingerprint density at radius 2 is 1.91 bits per heavy atom. The second kappa shape index (κ2) is 7.46. The first-order valence-corrected chi connectivity index (χ1v) is 8.64. The lowest BCUT2D eigenvalue weighted by Crippen LogP contribution is -2.36. The second-order valence-electron chi connectivity index (χ2n) is 5.26. The van der Waals surface area contributed by atoms with Crippen LogP contribution in [0, 0.1) is 0 Å². The first-order valence-electron chi connectivity index (χ1n) is 7.28. The van der Waals surface area contributed by atoms with Crippen molar-refractivity contribution in [3.05, 3.63) is 40.7 Å². The van der Waals surface area contributed by atoms with Crippen molar-refractivity contribution < 1.29 is 4.74 Å². The normalized spacial score (nSPS) is 16.1. The van der Waals surface area contributed by atoms with Gasteiger partial charge in [-0.05, 0) is 17.7 Å². The molecule has 0 saturated carbocycles. The molecule has 2 heterocycles. The van der Waals surface area contributed by atoms with Gasteiger partial charge in [0, 0.05) is 30.9 Å². The number of halogens is 1. The van der Waals surface area contributed by atoms with Gasteiger partial charge in [-0.15, -0.1) is 10.2 Å². The van der Waals surface area contributed by atoms with Crippen molar-refractivity contribution in [3.8, 4) is 0 Å². The molecule has 0 unspecified atom stereocenters. The molecule has 22 heavy (non-hydrogen) atoms. The Hall–Kier alpha value is -1.08. The maximum absolute atomic E-state index is 5.90. The van der Waals surface area contributed by atoms with Crippen LogP contribution in [0.5, 0.6) is 0 Å². The van der Waals surface area contributed by atoms with E-state index in [2.05, 4.69) is 19.7 Å². The molecule has 5 nitrogen and oxygen atoms in total. The van der Waals surface area contributed by atoms with Crippen LogP contribution in [0.2, 0.25) is 5.02 Å². The third-order valence-corrected chi connectivity index (χ3v) is 5.02. The van der Waals surface area contributed by atoms with Gasteiger partial charge in [0.15, 0.2) is 5.16 Å². The number of ether oxygens (including phenoxy) is 1. The Labute approximate surface area is 139 Å². The summed E-state index contributed by atoms with van der Waals surface area (Å²) in [6, 6.07) is 7.91. The van der Waals surface area contributed by atoms with Crippen molar-refractivity contribution in [1.82, 2.24) is 19.7 Å². The molecule has 118 valence electrons.